The number of Topliss-reactive ketones (excluding diaryl/α,β-unsaturated/α-hetero) is 1. The van der Waals surface area contributed by atoms with Crippen LogP contribution in [0.25, 0.3) is 0 Å². The van der Waals surface area contributed by atoms with Crippen LogP contribution in [0.15, 0.2) is 24.3 Å². The Morgan fingerprint density at radius 3 is 2.47 bits per heavy atom. The Labute approximate surface area is 111 Å². The highest BCUT2D eigenvalue weighted by Crippen LogP contribution is 2.35. The minimum atomic E-state index is -0.124. The second kappa shape index (κ2) is 6.08. The molecule has 2 nitrogen and oxygen atoms in total. The van der Waals surface area contributed by atoms with E-state index in [1.165, 1.54) is 7.11 Å². The molecule has 1 aromatic rings. The molecule has 0 unspecified atom stereocenters. The number of halogens is 2. The van der Waals surface area contributed by atoms with Crippen molar-refractivity contribution in [3.8, 4) is 5.75 Å². The van der Waals surface area contributed by atoms with Gasteiger partial charge in [0.25, 0.3) is 0 Å². The molecule has 0 aliphatic carbocycles. The number of ether oxygens (including phenoxy) is 1. The highest BCUT2D eigenvalue weighted by Gasteiger charge is 2.19. The first kappa shape index (κ1) is 14.1. The molecule has 0 spiro atoms. The Hall–Kier alpha value is -0.990. The molecule has 0 saturated carbocycles. The minimum absolute atomic E-state index is 0.124. The lowest BCUT2D eigenvalue weighted by atomic mass is 10.0. The first-order chi connectivity index (χ1) is 8.01. The third-order valence-corrected chi connectivity index (χ3v) is 3.06. The van der Waals surface area contributed by atoms with Gasteiger partial charge in [0.1, 0.15) is 5.75 Å². The van der Waals surface area contributed by atoms with E-state index in [-0.39, 0.29) is 12.2 Å². The van der Waals surface area contributed by atoms with Gasteiger partial charge in [0.15, 0.2) is 5.78 Å². The summed E-state index contributed by atoms with van der Waals surface area (Å²) in [6.07, 6.45) is 1.01. The summed E-state index contributed by atoms with van der Waals surface area (Å²) in [5.41, 5.74) is 1.18. The smallest absolute Gasteiger partial charge is 0.172 e. The fourth-order valence-corrected chi connectivity index (χ4v) is 1.92. The summed E-state index contributed by atoms with van der Waals surface area (Å²) in [6, 6.07) is 3.20. The fraction of sp³-hybridized carbons (Fsp3) is 0.308. The molecule has 0 aliphatic heterocycles. The van der Waals surface area contributed by atoms with Gasteiger partial charge in [-0.25, -0.2) is 0 Å². The maximum atomic E-state index is 12.1. The van der Waals surface area contributed by atoms with Gasteiger partial charge >= 0.3 is 0 Å². The van der Waals surface area contributed by atoms with E-state index < -0.39 is 0 Å². The summed E-state index contributed by atoms with van der Waals surface area (Å²) in [5, 5.41) is 0.725. The lowest BCUT2D eigenvalue weighted by molar-refractivity contribution is 0.0989. The summed E-state index contributed by atoms with van der Waals surface area (Å²) >= 11 is 12.0. The Balaban J connectivity index is 3.16. The largest absolute Gasteiger partial charge is 0.494 e. The average molecular weight is 273 g/mol. The van der Waals surface area contributed by atoms with E-state index >= 15 is 0 Å². The molecule has 0 N–H and O–H groups in total. The third kappa shape index (κ3) is 3.24. The van der Waals surface area contributed by atoms with Crippen molar-refractivity contribution >= 4 is 29.0 Å². The second-order valence-corrected chi connectivity index (χ2v) is 4.46. The molecular formula is C13H14Cl2O2. The minimum Gasteiger partial charge on any atom is -0.494 e. The Kier molecular flexibility index (Phi) is 5.03. The van der Waals surface area contributed by atoms with Crippen molar-refractivity contribution in [3.05, 3.63) is 39.9 Å². The lowest BCUT2D eigenvalue weighted by Crippen LogP contribution is -2.04. The normalized spacial score (nSPS) is 10.1. The van der Waals surface area contributed by atoms with Crippen LogP contribution >= 0.6 is 23.2 Å². The predicted molar refractivity (Wildman–Crippen MR) is 71.4 cm³/mol. The number of benzene rings is 1. The van der Waals surface area contributed by atoms with Crippen LogP contribution in [0.1, 0.15) is 30.1 Å². The molecule has 1 aromatic carbocycles. The van der Waals surface area contributed by atoms with Gasteiger partial charge in [-0.1, -0.05) is 42.3 Å². The molecule has 0 heterocycles. The van der Waals surface area contributed by atoms with E-state index in [1.54, 1.807) is 12.1 Å². The maximum absolute atomic E-state index is 12.1. The van der Waals surface area contributed by atoms with Crippen molar-refractivity contribution in [1.82, 2.24) is 0 Å². The Morgan fingerprint density at radius 1 is 1.35 bits per heavy atom. The molecule has 92 valence electrons. The van der Waals surface area contributed by atoms with E-state index in [0.29, 0.717) is 21.4 Å². The van der Waals surface area contributed by atoms with Crippen molar-refractivity contribution in [2.45, 2.75) is 19.8 Å². The number of rotatable bonds is 5. The van der Waals surface area contributed by atoms with Gasteiger partial charge in [-0.2, -0.15) is 0 Å². The highest BCUT2D eigenvalue weighted by atomic mass is 35.5. The van der Waals surface area contributed by atoms with Crippen LogP contribution in [0.3, 0.4) is 0 Å². The maximum Gasteiger partial charge on any atom is 0.172 e. The fourth-order valence-electron chi connectivity index (χ4n) is 1.43. The van der Waals surface area contributed by atoms with Crippen LogP contribution in [-0.2, 0) is 0 Å². The van der Waals surface area contributed by atoms with Crippen LogP contribution < -0.4 is 4.74 Å². The monoisotopic (exact) mass is 272 g/mol. The molecule has 0 amide bonds. The molecule has 0 bridgehead atoms. The predicted octanol–water partition coefficient (Wildman–Crippen LogP) is 4.54. The molecule has 0 saturated heterocycles. The van der Waals surface area contributed by atoms with Gasteiger partial charge in [-0.3, -0.25) is 4.79 Å². The summed E-state index contributed by atoms with van der Waals surface area (Å²) in [6.45, 7) is 5.76. The number of hydrogen-bond acceptors (Lipinski definition) is 2. The molecule has 17 heavy (non-hydrogen) atoms. The Bertz CT molecular complexity index is 453. The summed E-state index contributed by atoms with van der Waals surface area (Å²) in [4.78, 5) is 12.1. The number of methoxy groups -OCH3 is 1. The molecule has 0 aliphatic rings. The van der Waals surface area contributed by atoms with Gasteiger partial charge < -0.3 is 4.74 Å². The summed E-state index contributed by atoms with van der Waals surface area (Å²) < 4.78 is 5.13. The van der Waals surface area contributed by atoms with Crippen molar-refractivity contribution < 1.29 is 9.53 Å². The van der Waals surface area contributed by atoms with E-state index in [4.69, 9.17) is 27.9 Å². The first-order valence-corrected chi connectivity index (χ1v) is 5.98. The summed E-state index contributed by atoms with van der Waals surface area (Å²) in [5.74, 6) is 0.203. The van der Waals surface area contributed by atoms with Crippen LogP contribution in [0.4, 0.5) is 0 Å². The SMILES string of the molecule is C=C(CC)CC(=O)c1c(Cl)ccc(Cl)c1OC. The van der Waals surface area contributed by atoms with Crippen LogP contribution in [0.2, 0.25) is 10.0 Å². The summed E-state index contributed by atoms with van der Waals surface area (Å²) in [7, 11) is 1.46. The number of carbonyl (C=O) groups excluding carboxylic acids is 1. The average Bonchev–Trinajstić information content (AvgIpc) is 2.31. The van der Waals surface area contributed by atoms with Crippen molar-refractivity contribution in [2.24, 2.45) is 0 Å². The van der Waals surface area contributed by atoms with Crippen molar-refractivity contribution in [3.63, 3.8) is 0 Å². The molecule has 0 atom stereocenters. The zero-order chi connectivity index (χ0) is 13.0. The molecule has 0 radical (unpaired) electrons. The standard InChI is InChI=1S/C13H14Cl2O2/c1-4-8(2)7-11(16)12-9(14)5-6-10(15)13(12)17-3/h5-6H,2,4,7H2,1,3H3. The van der Waals surface area contributed by atoms with Gasteiger partial charge in [-0.15, -0.1) is 0 Å². The van der Waals surface area contributed by atoms with E-state index in [9.17, 15) is 4.79 Å². The van der Waals surface area contributed by atoms with Crippen molar-refractivity contribution in [2.75, 3.05) is 7.11 Å². The number of hydrogen-bond donors (Lipinski definition) is 0. The Morgan fingerprint density at radius 2 is 1.94 bits per heavy atom. The van der Waals surface area contributed by atoms with Gasteiger partial charge in [0.2, 0.25) is 0 Å². The zero-order valence-corrected chi connectivity index (χ0v) is 11.4. The van der Waals surface area contributed by atoms with Crippen LogP contribution in [-0.4, -0.2) is 12.9 Å². The number of ketones is 1. The van der Waals surface area contributed by atoms with E-state index in [0.717, 1.165) is 12.0 Å². The van der Waals surface area contributed by atoms with Gasteiger partial charge in [0.05, 0.1) is 22.7 Å². The number of allylic oxidation sites excluding steroid dienone is 1. The van der Waals surface area contributed by atoms with Gasteiger partial charge in [-0.05, 0) is 18.6 Å². The van der Waals surface area contributed by atoms with Crippen molar-refractivity contribution in [1.29, 1.82) is 0 Å². The molecule has 1 rings (SSSR count). The van der Waals surface area contributed by atoms with Crippen LogP contribution in [0, 0.1) is 0 Å². The molecule has 0 fully saturated rings. The van der Waals surface area contributed by atoms with E-state index in [2.05, 4.69) is 6.58 Å². The number of carbonyl (C=O) groups is 1. The quantitative estimate of drug-likeness (QED) is 0.581. The molecule has 4 heteroatoms. The van der Waals surface area contributed by atoms with E-state index in [1.807, 2.05) is 6.92 Å². The zero-order valence-electron chi connectivity index (χ0n) is 9.85. The second-order valence-electron chi connectivity index (χ2n) is 3.64. The first-order valence-electron chi connectivity index (χ1n) is 5.23. The molecular weight excluding hydrogens is 259 g/mol. The topological polar surface area (TPSA) is 26.3 Å². The third-order valence-electron chi connectivity index (χ3n) is 2.45. The van der Waals surface area contributed by atoms with Crippen LogP contribution in [0.5, 0.6) is 5.75 Å². The lowest BCUT2D eigenvalue weighted by Gasteiger charge is -2.11. The van der Waals surface area contributed by atoms with Gasteiger partial charge in [0, 0.05) is 6.42 Å². The highest BCUT2D eigenvalue weighted by molar-refractivity contribution is 6.37. The molecule has 0 aromatic heterocycles.